The van der Waals surface area contributed by atoms with Crippen molar-refractivity contribution in [3.8, 4) is 17.0 Å². The van der Waals surface area contributed by atoms with Crippen molar-refractivity contribution in [2.75, 3.05) is 26.1 Å². The van der Waals surface area contributed by atoms with Gasteiger partial charge in [0.05, 0.1) is 24.9 Å². The van der Waals surface area contributed by atoms with E-state index in [0.29, 0.717) is 23.9 Å². The summed E-state index contributed by atoms with van der Waals surface area (Å²) in [5, 5.41) is 11.0. The zero-order valence-corrected chi connectivity index (χ0v) is 22.1. The third-order valence-electron chi connectivity index (χ3n) is 7.92. The molecule has 3 heterocycles. The van der Waals surface area contributed by atoms with Gasteiger partial charge in [-0.3, -0.25) is 0 Å². The van der Waals surface area contributed by atoms with E-state index in [1.807, 2.05) is 43.3 Å². The van der Waals surface area contributed by atoms with Gasteiger partial charge in [0, 0.05) is 42.3 Å². The summed E-state index contributed by atoms with van der Waals surface area (Å²) in [6.45, 7) is 0.537. The third-order valence-corrected chi connectivity index (χ3v) is 7.92. The van der Waals surface area contributed by atoms with Crippen LogP contribution in [-0.2, 0) is 6.54 Å². The minimum atomic E-state index is -0.918. The fraction of sp³-hybridized carbons (Fsp3) is 0.323. The number of hydrogen-bond acceptors (Lipinski definition) is 5. The number of rotatable bonds is 5. The van der Waals surface area contributed by atoms with E-state index in [9.17, 15) is 9.90 Å². The van der Waals surface area contributed by atoms with Crippen molar-refractivity contribution in [1.29, 1.82) is 0 Å². The third kappa shape index (κ3) is 4.12. The number of allylic oxidation sites excluding steroid dienone is 1. The lowest BCUT2D eigenvalue weighted by Crippen LogP contribution is -2.12. The normalized spacial score (nSPS) is 15.4. The van der Waals surface area contributed by atoms with Crippen LogP contribution in [0.3, 0.4) is 0 Å². The highest BCUT2D eigenvalue weighted by atomic mass is 16.5. The first-order chi connectivity index (χ1) is 18.4. The molecule has 7 heteroatoms. The number of carboxylic acid groups (broad SMARTS) is 1. The highest BCUT2D eigenvalue weighted by Crippen LogP contribution is 2.47. The van der Waals surface area contributed by atoms with Gasteiger partial charge in [0.2, 0.25) is 0 Å². The molecular weight excluding hydrogens is 476 g/mol. The number of carboxylic acids is 1. The summed E-state index contributed by atoms with van der Waals surface area (Å²) in [6, 6.07) is 13.7. The minimum absolute atomic E-state index is 0.295. The second-order valence-corrected chi connectivity index (χ2v) is 10.5. The van der Waals surface area contributed by atoms with Crippen LogP contribution >= 0.6 is 0 Å². The van der Waals surface area contributed by atoms with Crippen LogP contribution in [0.5, 0.6) is 5.75 Å². The highest BCUT2D eigenvalue weighted by molar-refractivity contribution is 6.01. The van der Waals surface area contributed by atoms with Crippen molar-refractivity contribution < 1.29 is 14.6 Å². The molecule has 0 radical (unpaired) electrons. The van der Waals surface area contributed by atoms with Crippen LogP contribution in [0.1, 0.15) is 65.3 Å². The summed E-state index contributed by atoms with van der Waals surface area (Å²) in [5.41, 5.74) is 6.88. The molecule has 7 nitrogen and oxygen atoms in total. The Labute approximate surface area is 222 Å². The molecule has 0 saturated heterocycles. The lowest BCUT2D eigenvalue weighted by atomic mass is 9.81. The molecule has 2 aromatic heterocycles. The maximum atomic E-state index is 12.0. The molecule has 1 aliphatic heterocycles. The Morgan fingerprint density at radius 2 is 1.89 bits per heavy atom. The Balaban J connectivity index is 1.66. The quantitative estimate of drug-likeness (QED) is 0.333. The van der Waals surface area contributed by atoms with Gasteiger partial charge in [-0.1, -0.05) is 25.3 Å². The Kier molecular flexibility index (Phi) is 6.14. The van der Waals surface area contributed by atoms with E-state index in [1.54, 1.807) is 19.4 Å². The average molecular weight is 509 g/mol. The second-order valence-electron chi connectivity index (χ2n) is 10.5. The molecule has 2 aromatic carbocycles. The van der Waals surface area contributed by atoms with Gasteiger partial charge >= 0.3 is 5.97 Å². The minimum Gasteiger partial charge on any atom is -0.497 e. The molecule has 1 aliphatic carbocycles. The summed E-state index contributed by atoms with van der Waals surface area (Å²) in [4.78, 5) is 23.5. The van der Waals surface area contributed by atoms with Crippen molar-refractivity contribution in [1.82, 2.24) is 14.5 Å². The van der Waals surface area contributed by atoms with Gasteiger partial charge in [0.15, 0.2) is 5.82 Å². The number of fused-ring (bicyclic) bond motifs is 5. The van der Waals surface area contributed by atoms with Crippen LogP contribution in [0.2, 0.25) is 0 Å². The average Bonchev–Trinajstić information content (AvgIpc) is 3.15. The molecule has 0 amide bonds. The number of aromatic nitrogens is 3. The molecule has 6 rings (SSSR count). The summed E-state index contributed by atoms with van der Waals surface area (Å²) in [5.74, 6) is 1.80. The van der Waals surface area contributed by atoms with Crippen LogP contribution in [0.25, 0.3) is 33.8 Å². The number of hydrogen-bond donors (Lipinski definition) is 1. The first-order valence-corrected chi connectivity index (χ1v) is 13.2. The fourth-order valence-electron chi connectivity index (χ4n) is 6.06. The van der Waals surface area contributed by atoms with Gasteiger partial charge in [-0.25, -0.2) is 14.8 Å². The summed E-state index contributed by atoms with van der Waals surface area (Å²) >= 11 is 0. The monoisotopic (exact) mass is 508 g/mol. The van der Waals surface area contributed by atoms with Crippen LogP contribution in [-0.4, -0.2) is 46.8 Å². The van der Waals surface area contributed by atoms with Gasteiger partial charge in [0.1, 0.15) is 11.6 Å². The van der Waals surface area contributed by atoms with Gasteiger partial charge in [-0.15, -0.1) is 0 Å². The first-order valence-electron chi connectivity index (χ1n) is 13.2. The molecule has 0 atom stereocenters. The van der Waals surface area contributed by atoms with Crippen molar-refractivity contribution in [3.63, 3.8) is 0 Å². The molecule has 2 aliphatic rings. The van der Waals surface area contributed by atoms with Crippen molar-refractivity contribution >= 4 is 34.3 Å². The number of methoxy groups -OCH3 is 1. The molecule has 1 fully saturated rings. The Morgan fingerprint density at radius 3 is 2.63 bits per heavy atom. The Hall–Kier alpha value is -4.13. The van der Waals surface area contributed by atoms with E-state index >= 15 is 0 Å². The number of ether oxygens (including phenoxy) is 1. The summed E-state index contributed by atoms with van der Waals surface area (Å²) in [7, 11) is 5.62. The molecule has 194 valence electrons. The molecule has 38 heavy (non-hydrogen) atoms. The van der Waals surface area contributed by atoms with Crippen molar-refractivity contribution in [2.24, 2.45) is 0 Å². The first kappa shape index (κ1) is 24.2. The van der Waals surface area contributed by atoms with E-state index in [1.165, 1.54) is 30.5 Å². The molecule has 4 aromatic rings. The lowest BCUT2D eigenvalue weighted by molar-refractivity contribution is 0.0697. The maximum Gasteiger partial charge on any atom is 0.335 e. The molecule has 1 saturated carbocycles. The molecule has 0 spiro atoms. The van der Waals surface area contributed by atoms with E-state index in [-0.39, 0.29) is 0 Å². The smallest absolute Gasteiger partial charge is 0.335 e. The SMILES string of the molecule is COc1ccc2c(c1)C=C(c1nccc(N(C)C)n1)Cn1c-2c(C2CCCCC2)c2ccc(C(=O)O)cc21. The van der Waals surface area contributed by atoms with Gasteiger partial charge < -0.3 is 19.3 Å². The summed E-state index contributed by atoms with van der Waals surface area (Å²) in [6.07, 6.45) is 9.95. The van der Waals surface area contributed by atoms with Crippen LogP contribution in [0.4, 0.5) is 5.82 Å². The number of anilines is 1. The number of aromatic carboxylic acids is 1. The van der Waals surface area contributed by atoms with E-state index in [4.69, 9.17) is 9.72 Å². The van der Waals surface area contributed by atoms with Gasteiger partial charge in [-0.05, 0) is 72.4 Å². The van der Waals surface area contributed by atoms with E-state index in [0.717, 1.165) is 52.0 Å². The van der Waals surface area contributed by atoms with Crippen LogP contribution < -0.4 is 9.64 Å². The number of nitrogens with zero attached hydrogens (tertiary/aromatic N) is 4. The van der Waals surface area contributed by atoms with E-state index < -0.39 is 5.97 Å². The second kappa shape index (κ2) is 9.63. The molecule has 0 bridgehead atoms. The fourth-order valence-corrected chi connectivity index (χ4v) is 6.06. The maximum absolute atomic E-state index is 12.0. The Bertz CT molecular complexity index is 1580. The van der Waals surface area contributed by atoms with Crippen molar-refractivity contribution in [2.45, 2.75) is 44.6 Å². The summed E-state index contributed by atoms with van der Waals surface area (Å²) < 4.78 is 7.90. The van der Waals surface area contributed by atoms with Gasteiger partial charge in [-0.2, -0.15) is 0 Å². The zero-order chi connectivity index (χ0) is 26.4. The lowest BCUT2D eigenvalue weighted by Gasteiger charge is -2.24. The number of benzene rings is 2. The molecular formula is C31H32N4O3. The predicted molar refractivity (Wildman–Crippen MR) is 151 cm³/mol. The Morgan fingerprint density at radius 1 is 1.08 bits per heavy atom. The molecule has 1 N–H and O–H groups in total. The number of carbonyl (C=O) groups is 1. The van der Waals surface area contributed by atoms with Crippen LogP contribution in [0, 0.1) is 0 Å². The van der Waals surface area contributed by atoms with Gasteiger partial charge in [0.25, 0.3) is 0 Å². The molecule has 0 unspecified atom stereocenters. The van der Waals surface area contributed by atoms with Crippen LogP contribution in [0.15, 0.2) is 48.7 Å². The zero-order valence-electron chi connectivity index (χ0n) is 22.1. The highest BCUT2D eigenvalue weighted by Gasteiger charge is 2.30. The largest absolute Gasteiger partial charge is 0.497 e. The predicted octanol–water partition coefficient (Wildman–Crippen LogP) is 6.47. The van der Waals surface area contributed by atoms with Crippen molar-refractivity contribution in [3.05, 3.63) is 71.2 Å². The topological polar surface area (TPSA) is 80.5 Å². The van der Waals surface area contributed by atoms with E-state index in [2.05, 4.69) is 27.8 Å². The standard InChI is InChI=1S/C31H32N4O3/c1-34(2)27-13-14-32-30(33-27)22-15-21-16-23(38-3)10-12-24(21)29-28(19-7-5-4-6-8-19)25-11-9-20(31(36)37)17-26(25)35(29)18-22/h9-17,19H,4-8,18H2,1-3H3,(H,36,37).